The summed E-state index contributed by atoms with van der Waals surface area (Å²) in [5, 5.41) is 2.99. The van der Waals surface area contributed by atoms with Gasteiger partial charge in [0.05, 0.1) is 0 Å². The Hall–Kier alpha value is -1.10. The molecule has 0 aliphatic carbocycles. The number of nitrogens with one attached hydrogen (secondary N) is 1. The van der Waals surface area contributed by atoms with E-state index in [0.717, 1.165) is 6.07 Å². The van der Waals surface area contributed by atoms with E-state index in [4.69, 9.17) is 0 Å². The fraction of sp³-hybridized carbons (Fsp3) is 0.455. The second-order valence-corrected chi connectivity index (χ2v) is 3.90. The number of hydrogen-bond acceptors (Lipinski definition) is 1. The molecule has 88 valence electrons. The second-order valence-electron chi connectivity index (χ2n) is 3.90. The molecule has 1 unspecified atom stereocenters. The van der Waals surface area contributed by atoms with Crippen LogP contribution in [0.15, 0.2) is 12.1 Å². The van der Waals surface area contributed by atoms with Crippen LogP contribution in [0, 0.1) is 11.6 Å². The van der Waals surface area contributed by atoms with Gasteiger partial charge in [-0.1, -0.05) is 0 Å². The smallest absolute Gasteiger partial charge is 0.263 e. The summed E-state index contributed by atoms with van der Waals surface area (Å²) in [4.78, 5) is 0. The zero-order valence-corrected chi connectivity index (χ0v) is 8.44. The van der Waals surface area contributed by atoms with Gasteiger partial charge < -0.3 is 5.32 Å². The van der Waals surface area contributed by atoms with Crippen molar-refractivity contribution in [2.24, 2.45) is 0 Å². The van der Waals surface area contributed by atoms with E-state index in [2.05, 4.69) is 5.32 Å². The summed E-state index contributed by atoms with van der Waals surface area (Å²) in [6.45, 7) is 1.20. The Bertz CT molecular complexity index is 386. The summed E-state index contributed by atoms with van der Waals surface area (Å²) in [5.41, 5.74) is -0.402. The zero-order valence-electron chi connectivity index (χ0n) is 8.44. The fourth-order valence-electron chi connectivity index (χ4n) is 1.98. The number of rotatable bonds is 2. The van der Waals surface area contributed by atoms with Crippen molar-refractivity contribution in [1.82, 2.24) is 5.32 Å². The topological polar surface area (TPSA) is 12.0 Å². The van der Waals surface area contributed by atoms with Gasteiger partial charge in [0.25, 0.3) is 6.43 Å². The Morgan fingerprint density at radius 3 is 2.56 bits per heavy atom. The van der Waals surface area contributed by atoms with Crippen molar-refractivity contribution in [3.8, 4) is 0 Å². The van der Waals surface area contributed by atoms with Crippen molar-refractivity contribution < 1.29 is 17.6 Å². The van der Waals surface area contributed by atoms with Crippen molar-refractivity contribution in [2.75, 3.05) is 13.1 Å². The Morgan fingerprint density at radius 1 is 1.25 bits per heavy atom. The third-order valence-corrected chi connectivity index (χ3v) is 2.83. The molecule has 1 saturated heterocycles. The van der Waals surface area contributed by atoms with Crippen LogP contribution in [0.3, 0.4) is 0 Å². The first-order chi connectivity index (χ1) is 7.59. The maximum atomic E-state index is 13.4. The minimum atomic E-state index is -2.77. The van der Waals surface area contributed by atoms with Gasteiger partial charge in [0.2, 0.25) is 0 Å². The summed E-state index contributed by atoms with van der Waals surface area (Å²) < 4.78 is 51.5. The first kappa shape index (κ1) is 11.4. The van der Waals surface area contributed by atoms with Crippen LogP contribution >= 0.6 is 0 Å². The SMILES string of the molecule is Fc1cc(C(F)F)cc(C2CCNC2)c1F. The largest absolute Gasteiger partial charge is 0.316 e. The van der Waals surface area contributed by atoms with Gasteiger partial charge in [-0.25, -0.2) is 17.6 Å². The third kappa shape index (κ3) is 2.04. The summed E-state index contributed by atoms with van der Waals surface area (Å²) in [7, 11) is 0. The summed E-state index contributed by atoms with van der Waals surface area (Å²) in [5.74, 6) is -2.41. The van der Waals surface area contributed by atoms with Gasteiger partial charge in [-0.3, -0.25) is 0 Å². The molecule has 0 spiro atoms. The van der Waals surface area contributed by atoms with Crippen molar-refractivity contribution in [3.63, 3.8) is 0 Å². The van der Waals surface area contributed by atoms with Crippen LogP contribution in [0.4, 0.5) is 17.6 Å². The van der Waals surface area contributed by atoms with Gasteiger partial charge in [0, 0.05) is 18.0 Å². The molecule has 1 aromatic rings. The van der Waals surface area contributed by atoms with Gasteiger partial charge in [-0.05, 0) is 30.7 Å². The Kier molecular flexibility index (Phi) is 3.14. The number of alkyl halides is 2. The molecular formula is C11H11F4N. The Labute approximate surface area is 90.5 Å². The van der Waals surface area contributed by atoms with E-state index in [1.165, 1.54) is 0 Å². The molecule has 5 heteroatoms. The van der Waals surface area contributed by atoms with E-state index < -0.39 is 23.6 Å². The van der Waals surface area contributed by atoms with Crippen molar-refractivity contribution in [1.29, 1.82) is 0 Å². The highest BCUT2D eigenvalue weighted by molar-refractivity contribution is 5.30. The number of hydrogen-bond donors (Lipinski definition) is 1. The molecular weight excluding hydrogens is 222 g/mol. The lowest BCUT2D eigenvalue weighted by atomic mass is 9.96. The molecule has 1 heterocycles. The first-order valence-electron chi connectivity index (χ1n) is 5.07. The molecule has 0 bridgehead atoms. The predicted octanol–water partition coefficient (Wildman–Crippen LogP) is 2.98. The Balaban J connectivity index is 2.41. The molecule has 1 fully saturated rings. The lowest BCUT2D eigenvalue weighted by molar-refractivity contribution is 0.150. The molecule has 1 aliphatic rings. The maximum absolute atomic E-state index is 13.4. The van der Waals surface area contributed by atoms with E-state index in [1.54, 1.807) is 0 Å². The van der Waals surface area contributed by atoms with Crippen molar-refractivity contribution in [2.45, 2.75) is 18.8 Å². The first-order valence-corrected chi connectivity index (χ1v) is 5.07. The van der Waals surface area contributed by atoms with Gasteiger partial charge >= 0.3 is 0 Å². The third-order valence-electron chi connectivity index (χ3n) is 2.83. The van der Waals surface area contributed by atoms with Gasteiger partial charge in [-0.2, -0.15) is 0 Å². The molecule has 1 atom stereocenters. The molecule has 0 saturated carbocycles. The van der Waals surface area contributed by atoms with E-state index in [9.17, 15) is 17.6 Å². The molecule has 1 nitrogen and oxygen atoms in total. The molecule has 0 amide bonds. The average Bonchev–Trinajstić information content (AvgIpc) is 2.74. The average molecular weight is 233 g/mol. The summed E-state index contributed by atoms with van der Waals surface area (Å²) >= 11 is 0. The highest BCUT2D eigenvalue weighted by Gasteiger charge is 2.24. The monoisotopic (exact) mass is 233 g/mol. The normalized spacial score (nSPS) is 20.7. The molecule has 1 aromatic carbocycles. The second kappa shape index (κ2) is 4.41. The predicted molar refractivity (Wildman–Crippen MR) is 51.5 cm³/mol. The highest BCUT2D eigenvalue weighted by Crippen LogP contribution is 2.30. The maximum Gasteiger partial charge on any atom is 0.263 e. The lowest BCUT2D eigenvalue weighted by Gasteiger charge is -2.12. The highest BCUT2D eigenvalue weighted by atomic mass is 19.3. The van der Waals surface area contributed by atoms with Crippen molar-refractivity contribution >= 4 is 0 Å². The summed E-state index contributed by atoms with van der Waals surface area (Å²) in [6, 6.07) is 1.63. The van der Waals surface area contributed by atoms with E-state index >= 15 is 0 Å². The fourth-order valence-corrected chi connectivity index (χ4v) is 1.98. The Morgan fingerprint density at radius 2 is 2.00 bits per heavy atom. The molecule has 2 rings (SSSR count). The lowest BCUT2D eigenvalue weighted by Crippen LogP contribution is -2.10. The van der Waals surface area contributed by atoms with Crippen LogP contribution in [0.5, 0.6) is 0 Å². The van der Waals surface area contributed by atoms with Crippen LogP contribution in [0.25, 0.3) is 0 Å². The van der Waals surface area contributed by atoms with E-state index in [-0.39, 0.29) is 11.5 Å². The van der Waals surface area contributed by atoms with Crippen LogP contribution < -0.4 is 5.32 Å². The van der Waals surface area contributed by atoms with Gasteiger partial charge in [0.15, 0.2) is 11.6 Å². The molecule has 0 aromatic heterocycles. The summed E-state index contributed by atoms with van der Waals surface area (Å²) in [6.07, 6.45) is -2.13. The molecule has 0 radical (unpaired) electrons. The van der Waals surface area contributed by atoms with Crippen LogP contribution in [0.1, 0.15) is 29.9 Å². The molecule has 1 aliphatic heterocycles. The van der Waals surface area contributed by atoms with E-state index in [1.807, 2.05) is 0 Å². The van der Waals surface area contributed by atoms with Crippen molar-refractivity contribution in [3.05, 3.63) is 34.9 Å². The zero-order chi connectivity index (χ0) is 11.7. The van der Waals surface area contributed by atoms with Crippen LogP contribution in [-0.2, 0) is 0 Å². The molecule has 1 N–H and O–H groups in total. The minimum absolute atomic E-state index is 0.0558. The number of benzene rings is 1. The quantitative estimate of drug-likeness (QED) is 0.774. The van der Waals surface area contributed by atoms with Gasteiger partial charge in [0.1, 0.15) is 0 Å². The van der Waals surface area contributed by atoms with E-state index in [0.29, 0.717) is 25.6 Å². The van der Waals surface area contributed by atoms with Crippen LogP contribution in [-0.4, -0.2) is 13.1 Å². The van der Waals surface area contributed by atoms with Gasteiger partial charge in [-0.15, -0.1) is 0 Å². The minimum Gasteiger partial charge on any atom is -0.316 e. The number of halogens is 4. The molecule has 16 heavy (non-hydrogen) atoms. The van der Waals surface area contributed by atoms with Crippen LogP contribution in [0.2, 0.25) is 0 Å². The standard InChI is InChI=1S/C11H11F4N/c12-9-4-7(11(14)15)3-8(10(9)13)6-1-2-16-5-6/h3-4,6,11,16H,1-2,5H2.